The van der Waals surface area contributed by atoms with Gasteiger partial charge in [0.25, 0.3) is 0 Å². The number of aromatic nitrogens is 2. The van der Waals surface area contributed by atoms with Gasteiger partial charge in [-0.15, -0.1) is 0 Å². The predicted octanol–water partition coefficient (Wildman–Crippen LogP) is 4.89. The molecular weight excluding hydrogens is 355 g/mol. The molecule has 5 nitrogen and oxygen atoms in total. The third kappa shape index (κ3) is 3.66. The van der Waals surface area contributed by atoms with E-state index in [4.69, 9.17) is 4.74 Å². The van der Waals surface area contributed by atoms with E-state index >= 15 is 0 Å². The molecule has 4 rings (SSSR count). The Labute approximate surface area is 161 Å². The number of methoxy groups -OCH3 is 1. The van der Waals surface area contributed by atoms with Gasteiger partial charge in [0.05, 0.1) is 24.4 Å². The first kappa shape index (κ1) is 17.6. The number of benzene rings is 3. The minimum absolute atomic E-state index is 0.305. The number of fused-ring (bicyclic) bond motifs is 1. The summed E-state index contributed by atoms with van der Waals surface area (Å²) < 4.78 is 19.4. The Hall–Kier alpha value is -3.80. The molecule has 6 heteroatoms. The fourth-order valence-electron chi connectivity index (χ4n) is 2.78. The highest BCUT2D eigenvalue weighted by atomic mass is 19.1. The summed E-state index contributed by atoms with van der Waals surface area (Å²) in [5, 5.41) is 5.08. The van der Waals surface area contributed by atoms with E-state index in [0.717, 1.165) is 16.7 Å². The smallest absolute Gasteiger partial charge is 0.165 e. The van der Waals surface area contributed by atoms with E-state index in [1.54, 1.807) is 31.5 Å². The monoisotopic (exact) mass is 372 g/mol. The highest BCUT2D eigenvalue weighted by molar-refractivity contribution is 5.91. The Kier molecular flexibility index (Phi) is 4.93. The second-order valence-electron chi connectivity index (χ2n) is 6.04. The minimum Gasteiger partial charge on any atom is -0.497 e. The number of nitrogens with one attached hydrogen (secondary N) is 1. The number of hydrogen-bond acceptors (Lipinski definition) is 5. The molecule has 0 saturated carbocycles. The Morgan fingerprint density at radius 2 is 1.68 bits per heavy atom. The van der Waals surface area contributed by atoms with Crippen molar-refractivity contribution in [3.63, 3.8) is 0 Å². The lowest BCUT2D eigenvalue weighted by atomic mass is 10.1. The van der Waals surface area contributed by atoms with Gasteiger partial charge in [-0.25, -0.2) is 14.4 Å². The van der Waals surface area contributed by atoms with E-state index in [2.05, 4.69) is 20.5 Å². The van der Waals surface area contributed by atoms with Crippen LogP contribution in [0, 0.1) is 5.82 Å². The zero-order valence-electron chi connectivity index (χ0n) is 15.1. The lowest BCUT2D eigenvalue weighted by Gasteiger charge is -2.08. The Morgan fingerprint density at radius 3 is 2.46 bits per heavy atom. The number of halogens is 1. The summed E-state index contributed by atoms with van der Waals surface area (Å²) in [7, 11) is 1.62. The fourth-order valence-corrected chi connectivity index (χ4v) is 2.78. The second kappa shape index (κ2) is 7.84. The molecular formula is C22H17FN4O. The molecule has 4 aromatic rings. The Balaban J connectivity index is 1.69. The number of para-hydroxylation sites is 1. The number of hydrazone groups is 1. The third-order valence-corrected chi connectivity index (χ3v) is 4.22. The quantitative estimate of drug-likeness (QED) is 0.400. The summed E-state index contributed by atoms with van der Waals surface area (Å²) in [5.41, 5.74) is 4.91. The van der Waals surface area contributed by atoms with Crippen LogP contribution < -0.4 is 10.2 Å². The van der Waals surface area contributed by atoms with E-state index in [-0.39, 0.29) is 5.82 Å². The van der Waals surface area contributed by atoms with Gasteiger partial charge in [-0.2, -0.15) is 5.10 Å². The molecule has 1 heterocycles. The molecule has 0 aliphatic heterocycles. The van der Waals surface area contributed by atoms with Gasteiger partial charge in [0.15, 0.2) is 11.6 Å². The Bertz CT molecular complexity index is 1140. The van der Waals surface area contributed by atoms with Gasteiger partial charge in [0.1, 0.15) is 11.6 Å². The van der Waals surface area contributed by atoms with Crippen molar-refractivity contribution in [3.8, 4) is 17.1 Å². The first-order chi connectivity index (χ1) is 13.7. The van der Waals surface area contributed by atoms with E-state index in [0.29, 0.717) is 22.7 Å². The van der Waals surface area contributed by atoms with Gasteiger partial charge in [-0.1, -0.05) is 24.3 Å². The van der Waals surface area contributed by atoms with Crippen LogP contribution in [0.5, 0.6) is 5.75 Å². The topological polar surface area (TPSA) is 59.4 Å². The van der Waals surface area contributed by atoms with E-state index in [9.17, 15) is 4.39 Å². The highest BCUT2D eigenvalue weighted by Gasteiger charge is 2.11. The first-order valence-corrected chi connectivity index (χ1v) is 8.69. The van der Waals surface area contributed by atoms with Crippen molar-refractivity contribution >= 4 is 22.9 Å². The van der Waals surface area contributed by atoms with Gasteiger partial charge in [-0.05, 0) is 54.1 Å². The van der Waals surface area contributed by atoms with Crippen molar-refractivity contribution in [2.24, 2.45) is 5.10 Å². The van der Waals surface area contributed by atoms with Crippen LogP contribution in [0.1, 0.15) is 5.56 Å². The van der Waals surface area contributed by atoms with Crippen molar-refractivity contribution < 1.29 is 9.13 Å². The first-order valence-electron chi connectivity index (χ1n) is 8.69. The van der Waals surface area contributed by atoms with E-state index < -0.39 is 0 Å². The number of anilines is 1. The molecule has 0 spiro atoms. The lowest BCUT2D eigenvalue weighted by Crippen LogP contribution is -2.00. The molecule has 0 aliphatic carbocycles. The minimum atomic E-state index is -0.370. The maximum atomic E-state index is 14.2. The van der Waals surface area contributed by atoms with Crippen LogP contribution in [0.25, 0.3) is 22.3 Å². The van der Waals surface area contributed by atoms with Gasteiger partial charge in [0, 0.05) is 5.39 Å². The van der Waals surface area contributed by atoms with Gasteiger partial charge >= 0.3 is 0 Å². The summed E-state index contributed by atoms with van der Waals surface area (Å²) in [6.45, 7) is 0. The van der Waals surface area contributed by atoms with Crippen LogP contribution in [-0.4, -0.2) is 23.3 Å². The van der Waals surface area contributed by atoms with Gasteiger partial charge in [0.2, 0.25) is 0 Å². The molecule has 0 atom stereocenters. The molecule has 0 fully saturated rings. The largest absolute Gasteiger partial charge is 0.497 e. The van der Waals surface area contributed by atoms with E-state index in [1.807, 2.05) is 48.5 Å². The average Bonchev–Trinajstić information content (AvgIpc) is 2.74. The number of nitrogens with zero attached hydrogens (tertiary/aromatic N) is 3. The second-order valence-corrected chi connectivity index (χ2v) is 6.04. The van der Waals surface area contributed by atoms with Crippen LogP contribution in [0.2, 0.25) is 0 Å². The van der Waals surface area contributed by atoms with Crippen molar-refractivity contribution in [3.05, 3.63) is 84.2 Å². The average molecular weight is 372 g/mol. The number of ether oxygens (including phenoxy) is 1. The van der Waals surface area contributed by atoms with Gasteiger partial charge < -0.3 is 4.74 Å². The van der Waals surface area contributed by atoms with Crippen LogP contribution in [0.3, 0.4) is 0 Å². The summed E-state index contributed by atoms with van der Waals surface area (Å²) >= 11 is 0. The third-order valence-electron chi connectivity index (χ3n) is 4.22. The molecule has 0 aliphatic rings. The molecule has 0 unspecified atom stereocenters. The molecule has 1 aromatic heterocycles. The molecule has 1 N–H and O–H groups in total. The zero-order chi connectivity index (χ0) is 19.3. The summed E-state index contributed by atoms with van der Waals surface area (Å²) in [6, 6.07) is 21.5. The number of rotatable bonds is 5. The fraction of sp³-hybridized carbons (Fsp3) is 0.0455. The molecule has 0 amide bonds. The highest BCUT2D eigenvalue weighted by Crippen LogP contribution is 2.26. The summed E-state index contributed by atoms with van der Waals surface area (Å²) in [4.78, 5) is 8.99. The molecule has 0 bridgehead atoms. The predicted molar refractivity (Wildman–Crippen MR) is 109 cm³/mol. The maximum Gasteiger partial charge on any atom is 0.165 e. The number of hydrogen-bond donors (Lipinski definition) is 1. The summed E-state index contributed by atoms with van der Waals surface area (Å²) in [5.74, 6) is 1.22. The molecule has 28 heavy (non-hydrogen) atoms. The van der Waals surface area contributed by atoms with Crippen LogP contribution in [0.15, 0.2) is 77.9 Å². The van der Waals surface area contributed by atoms with E-state index in [1.165, 1.54) is 6.07 Å². The molecule has 138 valence electrons. The van der Waals surface area contributed by atoms with Crippen molar-refractivity contribution in [2.75, 3.05) is 12.5 Å². The van der Waals surface area contributed by atoms with Crippen LogP contribution in [0.4, 0.5) is 10.2 Å². The molecule has 0 radical (unpaired) electrons. The maximum absolute atomic E-state index is 14.2. The van der Waals surface area contributed by atoms with Crippen molar-refractivity contribution in [1.29, 1.82) is 0 Å². The van der Waals surface area contributed by atoms with Gasteiger partial charge in [-0.3, -0.25) is 5.43 Å². The SMILES string of the molecule is COc1ccc(/C=N\Nc2nc(-c3ccccc3F)nc3ccccc23)cc1. The normalized spacial score (nSPS) is 11.1. The van der Waals surface area contributed by atoms with Crippen molar-refractivity contribution in [2.45, 2.75) is 0 Å². The summed E-state index contributed by atoms with van der Waals surface area (Å²) in [6.07, 6.45) is 1.68. The Morgan fingerprint density at radius 1 is 0.929 bits per heavy atom. The molecule has 0 saturated heterocycles. The lowest BCUT2D eigenvalue weighted by molar-refractivity contribution is 0.415. The van der Waals surface area contributed by atoms with Crippen molar-refractivity contribution in [1.82, 2.24) is 9.97 Å². The molecule has 3 aromatic carbocycles. The standard InChI is InChI=1S/C22H17FN4O/c1-28-16-12-10-15(11-13-16)14-24-27-22-18-7-3-5-9-20(18)25-21(26-22)17-6-2-4-8-19(17)23/h2-14H,1H3,(H,25,26,27)/b24-14-. The van der Waals surface area contributed by atoms with Crippen LogP contribution in [-0.2, 0) is 0 Å². The zero-order valence-corrected chi connectivity index (χ0v) is 15.1. The van der Waals surface area contributed by atoms with Crippen LogP contribution >= 0.6 is 0 Å².